The summed E-state index contributed by atoms with van der Waals surface area (Å²) in [5.74, 6) is 0. The molecule has 19 heavy (non-hydrogen) atoms. The van der Waals surface area contributed by atoms with Gasteiger partial charge in [0.25, 0.3) is 10.0 Å². The number of sulfonamides is 1. The maximum Gasteiger partial charge on any atom is 0.278 e. The lowest BCUT2D eigenvalue weighted by Gasteiger charge is -2.20. The van der Waals surface area contributed by atoms with Gasteiger partial charge in [0.05, 0.1) is 11.9 Å². The number of aromatic nitrogens is 2. The molecule has 0 saturated heterocycles. The first-order chi connectivity index (χ1) is 9.17. The standard InChI is InChI=1S/C12H14N4O2S/c17-19(18,12-5-7-14-15-12)16-11-3-1-2-9-4-6-13-8-10(9)11/h1-3,5,7,13,16H,4,6,8H2,(H,14,15). The number of rotatable bonds is 3. The molecule has 3 N–H and O–H groups in total. The number of nitrogens with zero attached hydrogens (tertiary/aromatic N) is 1. The number of benzene rings is 1. The molecule has 0 radical (unpaired) electrons. The molecule has 1 aromatic heterocycles. The fourth-order valence-corrected chi connectivity index (χ4v) is 3.21. The Balaban J connectivity index is 1.96. The fraction of sp³-hybridized carbons (Fsp3) is 0.250. The highest BCUT2D eigenvalue weighted by Crippen LogP contribution is 2.24. The SMILES string of the molecule is O=S(=O)(Nc1cccc2c1CNCC2)c1ccn[nH]1. The maximum absolute atomic E-state index is 12.1. The van der Waals surface area contributed by atoms with Gasteiger partial charge >= 0.3 is 0 Å². The summed E-state index contributed by atoms with van der Waals surface area (Å²) in [7, 11) is -3.60. The van der Waals surface area contributed by atoms with Crippen LogP contribution in [0.15, 0.2) is 35.5 Å². The molecule has 0 bridgehead atoms. The smallest absolute Gasteiger partial charge is 0.278 e. The zero-order chi connectivity index (χ0) is 13.3. The number of hydrogen-bond donors (Lipinski definition) is 3. The van der Waals surface area contributed by atoms with Crippen LogP contribution in [0.3, 0.4) is 0 Å². The van der Waals surface area contributed by atoms with E-state index >= 15 is 0 Å². The van der Waals surface area contributed by atoms with Gasteiger partial charge in [0.15, 0.2) is 5.03 Å². The number of hydrogen-bond acceptors (Lipinski definition) is 4. The van der Waals surface area contributed by atoms with Crippen LogP contribution in [-0.2, 0) is 23.0 Å². The van der Waals surface area contributed by atoms with Crippen LogP contribution in [0, 0.1) is 0 Å². The molecule has 0 atom stereocenters. The van der Waals surface area contributed by atoms with Crippen molar-refractivity contribution in [2.45, 2.75) is 18.0 Å². The molecule has 2 heterocycles. The first kappa shape index (κ1) is 12.2. The Hall–Kier alpha value is -1.86. The highest BCUT2D eigenvalue weighted by Gasteiger charge is 2.19. The third kappa shape index (κ3) is 2.34. The Bertz CT molecular complexity index is 680. The van der Waals surface area contributed by atoms with E-state index in [0.29, 0.717) is 12.2 Å². The molecule has 3 rings (SSSR count). The molecule has 1 aromatic carbocycles. The van der Waals surface area contributed by atoms with Gasteiger partial charge < -0.3 is 5.32 Å². The molecule has 100 valence electrons. The van der Waals surface area contributed by atoms with Crippen molar-refractivity contribution in [2.24, 2.45) is 0 Å². The minimum absolute atomic E-state index is 0.0638. The van der Waals surface area contributed by atoms with E-state index in [4.69, 9.17) is 0 Å². The lowest BCUT2D eigenvalue weighted by atomic mass is 10.00. The summed E-state index contributed by atoms with van der Waals surface area (Å²) in [6.07, 6.45) is 2.32. The quantitative estimate of drug-likeness (QED) is 0.777. The topological polar surface area (TPSA) is 86.9 Å². The largest absolute Gasteiger partial charge is 0.312 e. The maximum atomic E-state index is 12.1. The van der Waals surface area contributed by atoms with E-state index in [0.717, 1.165) is 18.5 Å². The van der Waals surface area contributed by atoms with Gasteiger partial charge in [-0.3, -0.25) is 9.82 Å². The Labute approximate surface area is 111 Å². The van der Waals surface area contributed by atoms with Crippen LogP contribution < -0.4 is 10.0 Å². The molecule has 2 aromatic rings. The Kier molecular flexibility index (Phi) is 3.00. The van der Waals surface area contributed by atoms with Crippen LogP contribution >= 0.6 is 0 Å². The lowest BCUT2D eigenvalue weighted by molar-refractivity contribution is 0.596. The van der Waals surface area contributed by atoms with Crippen molar-refractivity contribution in [3.63, 3.8) is 0 Å². The van der Waals surface area contributed by atoms with Gasteiger partial charge in [-0.2, -0.15) is 13.5 Å². The van der Waals surface area contributed by atoms with Crippen LogP contribution in [0.5, 0.6) is 0 Å². The highest BCUT2D eigenvalue weighted by molar-refractivity contribution is 7.92. The van der Waals surface area contributed by atoms with E-state index in [1.807, 2.05) is 12.1 Å². The van der Waals surface area contributed by atoms with Gasteiger partial charge in [-0.15, -0.1) is 0 Å². The Morgan fingerprint density at radius 1 is 1.26 bits per heavy atom. The van der Waals surface area contributed by atoms with E-state index in [9.17, 15) is 8.42 Å². The molecule has 6 nitrogen and oxygen atoms in total. The van der Waals surface area contributed by atoms with Gasteiger partial charge in [0, 0.05) is 6.54 Å². The summed E-state index contributed by atoms with van der Waals surface area (Å²) < 4.78 is 26.9. The van der Waals surface area contributed by atoms with Crippen LogP contribution in [0.4, 0.5) is 5.69 Å². The summed E-state index contributed by atoms with van der Waals surface area (Å²) in [5.41, 5.74) is 2.82. The van der Waals surface area contributed by atoms with Crippen LogP contribution in [0.2, 0.25) is 0 Å². The molecule has 1 aliphatic rings. The molecular formula is C12H14N4O2S. The first-order valence-corrected chi connectivity index (χ1v) is 7.49. The molecule has 0 saturated carbocycles. The van der Waals surface area contributed by atoms with Gasteiger partial charge in [-0.1, -0.05) is 12.1 Å². The van der Waals surface area contributed by atoms with Crippen LogP contribution in [0.1, 0.15) is 11.1 Å². The van der Waals surface area contributed by atoms with Crippen molar-refractivity contribution >= 4 is 15.7 Å². The Morgan fingerprint density at radius 2 is 2.16 bits per heavy atom. The number of H-pyrrole nitrogens is 1. The number of anilines is 1. The Morgan fingerprint density at radius 3 is 2.95 bits per heavy atom. The summed E-state index contributed by atoms with van der Waals surface area (Å²) in [6.45, 7) is 1.60. The van der Waals surface area contributed by atoms with E-state index in [-0.39, 0.29) is 5.03 Å². The second-order valence-corrected chi connectivity index (χ2v) is 6.05. The van der Waals surface area contributed by atoms with Crippen molar-refractivity contribution in [3.8, 4) is 0 Å². The molecule has 0 spiro atoms. The monoisotopic (exact) mass is 278 g/mol. The molecule has 7 heteroatoms. The second kappa shape index (κ2) is 4.67. The number of aromatic amines is 1. The second-order valence-electron chi connectivity index (χ2n) is 4.40. The van der Waals surface area contributed by atoms with E-state index in [1.165, 1.54) is 17.8 Å². The fourth-order valence-electron chi connectivity index (χ4n) is 2.20. The highest BCUT2D eigenvalue weighted by atomic mass is 32.2. The van der Waals surface area contributed by atoms with Gasteiger partial charge in [0.2, 0.25) is 0 Å². The zero-order valence-corrected chi connectivity index (χ0v) is 11.0. The average molecular weight is 278 g/mol. The summed E-state index contributed by atoms with van der Waals surface area (Å²) in [4.78, 5) is 0. The minimum Gasteiger partial charge on any atom is -0.312 e. The van der Waals surface area contributed by atoms with Crippen molar-refractivity contribution in [3.05, 3.63) is 41.6 Å². The summed E-state index contributed by atoms with van der Waals surface area (Å²) >= 11 is 0. The van der Waals surface area contributed by atoms with E-state index in [1.54, 1.807) is 6.07 Å². The third-order valence-corrected chi connectivity index (χ3v) is 4.45. The molecule has 0 unspecified atom stereocenters. The van der Waals surface area contributed by atoms with E-state index < -0.39 is 10.0 Å². The number of nitrogens with one attached hydrogen (secondary N) is 3. The molecule has 1 aliphatic heterocycles. The zero-order valence-electron chi connectivity index (χ0n) is 10.2. The molecule has 0 aliphatic carbocycles. The normalized spacial score (nSPS) is 14.9. The lowest BCUT2D eigenvalue weighted by Crippen LogP contribution is -2.25. The van der Waals surface area contributed by atoms with Gasteiger partial charge in [-0.05, 0) is 36.2 Å². The van der Waals surface area contributed by atoms with Crippen molar-refractivity contribution in [1.29, 1.82) is 0 Å². The summed E-state index contributed by atoms with van der Waals surface area (Å²) in [6, 6.07) is 7.11. The molecule has 0 amide bonds. The predicted octanol–water partition coefficient (Wildman–Crippen LogP) is 0.856. The minimum atomic E-state index is -3.60. The van der Waals surface area contributed by atoms with Crippen LogP contribution in [0.25, 0.3) is 0 Å². The third-order valence-electron chi connectivity index (χ3n) is 3.15. The number of fused-ring (bicyclic) bond motifs is 1. The average Bonchev–Trinajstić information content (AvgIpc) is 2.93. The molecular weight excluding hydrogens is 264 g/mol. The first-order valence-electron chi connectivity index (χ1n) is 6.00. The van der Waals surface area contributed by atoms with E-state index in [2.05, 4.69) is 20.2 Å². The van der Waals surface area contributed by atoms with Crippen molar-refractivity contribution in [2.75, 3.05) is 11.3 Å². The van der Waals surface area contributed by atoms with Gasteiger partial charge in [0.1, 0.15) is 0 Å². The summed E-state index contributed by atoms with van der Waals surface area (Å²) in [5, 5.41) is 9.43. The predicted molar refractivity (Wildman–Crippen MR) is 71.2 cm³/mol. The van der Waals surface area contributed by atoms with Crippen molar-refractivity contribution in [1.82, 2.24) is 15.5 Å². The van der Waals surface area contributed by atoms with Crippen LogP contribution in [-0.4, -0.2) is 25.2 Å². The van der Waals surface area contributed by atoms with Gasteiger partial charge in [-0.25, -0.2) is 0 Å². The van der Waals surface area contributed by atoms with Crippen molar-refractivity contribution < 1.29 is 8.42 Å². The molecule has 0 fully saturated rings.